The van der Waals surface area contributed by atoms with Gasteiger partial charge in [0.1, 0.15) is 43.7 Å². The Morgan fingerprint density at radius 2 is 1.00 bits per heavy atom. The van der Waals surface area contributed by atoms with E-state index in [0.717, 1.165) is 21.8 Å². The number of benzene rings is 2. The number of aryl methyl sites for hydroxylation is 1. The molecule has 10 atom stereocenters. The monoisotopic (exact) mass is 516 g/mol. The van der Waals surface area contributed by atoms with Crippen LogP contribution in [0.2, 0.25) is 0 Å². The molecule has 2 saturated heterocycles. The number of aliphatic hydroxyl groups excluding tert-OH is 6. The summed E-state index contributed by atoms with van der Waals surface area (Å²) in [7, 11) is 1.92. The number of ether oxygens (including phenoxy) is 2. The molecule has 2 aliphatic heterocycles. The number of fused-ring (bicyclic) bond motifs is 2. The van der Waals surface area contributed by atoms with E-state index in [1.807, 2.05) is 54.1 Å². The Balaban J connectivity index is 1.42. The molecule has 0 bridgehead atoms. The minimum atomic E-state index is -1.33. The average Bonchev–Trinajstić information content (AvgIpc) is 2.88. The summed E-state index contributed by atoms with van der Waals surface area (Å²) in [6.07, 6.45) is -10.7. The van der Waals surface area contributed by atoms with E-state index in [0.29, 0.717) is 11.4 Å². The molecule has 0 saturated carbocycles. The Labute approximate surface area is 213 Å². The van der Waals surface area contributed by atoms with Gasteiger partial charge in [0.05, 0.1) is 12.2 Å². The van der Waals surface area contributed by atoms with Crippen molar-refractivity contribution in [1.29, 1.82) is 0 Å². The van der Waals surface area contributed by atoms with E-state index in [2.05, 4.69) is 10.6 Å². The summed E-state index contributed by atoms with van der Waals surface area (Å²) >= 11 is 0. The van der Waals surface area contributed by atoms with Crippen LogP contribution in [0.15, 0.2) is 42.5 Å². The molecule has 0 amide bonds. The summed E-state index contributed by atoms with van der Waals surface area (Å²) in [6.45, 7) is 3.26. The van der Waals surface area contributed by atoms with Crippen molar-refractivity contribution in [2.45, 2.75) is 75.1 Å². The number of hydrogen-bond acceptors (Lipinski definition) is 10. The molecular weight excluding hydrogens is 482 g/mol. The van der Waals surface area contributed by atoms with E-state index in [9.17, 15) is 30.6 Å². The summed E-state index contributed by atoms with van der Waals surface area (Å²) in [6, 6.07) is 13.4. The zero-order chi connectivity index (χ0) is 26.6. The molecular formula is C26H34N3O8+. The van der Waals surface area contributed by atoms with E-state index >= 15 is 0 Å². The number of aliphatic hydroxyl groups is 6. The van der Waals surface area contributed by atoms with Crippen molar-refractivity contribution < 1.29 is 44.7 Å². The van der Waals surface area contributed by atoms with Crippen LogP contribution < -0.4 is 15.2 Å². The Kier molecular flexibility index (Phi) is 6.98. The second-order valence-electron chi connectivity index (χ2n) is 10.0. The van der Waals surface area contributed by atoms with Gasteiger partial charge in [-0.25, -0.2) is 0 Å². The molecule has 3 aromatic rings. The molecule has 0 radical (unpaired) electrons. The summed E-state index contributed by atoms with van der Waals surface area (Å²) in [5.74, 6) is 0. The van der Waals surface area contributed by atoms with Gasteiger partial charge in [-0.1, -0.05) is 0 Å². The van der Waals surface area contributed by atoms with Crippen molar-refractivity contribution in [2.24, 2.45) is 7.05 Å². The topological polar surface area (TPSA) is 168 Å². The smallest absolute Gasteiger partial charge is 0.214 e. The molecule has 5 rings (SSSR count). The minimum absolute atomic E-state index is 0.652. The molecule has 0 aliphatic carbocycles. The average molecular weight is 517 g/mol. The largest absolute Gasteiger partial charge is 0.388 e. The molecule has 37 heavy (non-hydrogen) atoms. The number of aromatic nitrogens is 1. The highest BCUT2D eigenvalue weighted by Crippen LogP contribution is 2.28. The summed E-state index contributed by atoms with van der Waals surface area (Å²) < 4.78 is 13.3. The lowest BCUT2D eigenvalue weighted by molar-refractivity contribution is -0.617. The van der Waals surface area contributed by atoms with Crippen LogP contribution in [0, 0.1) is 0 Å². The van der Waals surface area contributed by atoms with Gasteiger partial charge < -0.3 is 50.7 Å². The number of rotatable bonds is 4. The van der Waals surface area contributed by atoms with Gasteiger partial charge in [-0.05, 0) is 44.2 Å². The van der Waals surface area contributed by atoms with Crippen LogP contribution in [0.1, 0.15) is 13.8 Å². The highest BCUT2D eigenvalue weighted by Gasteiger charge is 2.43. The third-order valence-electron chi connectivity index (χ3n) is 7.42. The van der Waals surface area contributed by atoms with Crippen molar-refractivity contribution in [3.05, 3.63) is 42.5 Å². The van der Waals surface area contributed by atoms with Crippen LogP contribution in [-0.4, -0.2) is 91.9 Å². The van der Waals surface area contributed by atoms with E-state index in [-0.39, 0.29) is 0 Å². The van der Waals surface area contributed by atoms with Crippen LogP contribution in [0.4, 0.5) is 11.4 Å². The number of nitrogens with zero attached hydrogens (tertiary/aromatic N) is 1. The molecule has 3 heterocycles. The predicted octanol–water partition coefficient (Wildman–Crippen LogP) is -0.704. The highest BCUT2D eigenvalue weighted by molar-refractivity contribution is 5.91. The standard InChI is InChI=1S/C26H33N3O8/c1-11-19(30)21(32)23(34)25(36-11)27-15-6-4-13-8-14-5-7-16(10-18(14)29(3)17(13)9-15)28-26-24(35)22(33)20(31)12(2)37-26/h4-12,19-26,30-35H,1-3H3,(H,27,28)/p+1/t11-,12-,19-,20-,21+,22+,23+,24+,25+,26+/m0/s1. The first kappa shape index (κ1) is 26.0. The third kappa shape index (κ3) is 4.73. The van der Waals surface area contributed by atoms with Crippen LogP contribution in [-0.2, 0) is 16.5 Å². The van der Waals surface area contributed by atoms with E-state index in [1.54, 1.807) is 13.8 Å². The van der Waals surface area contributed by atoms with Gasteiger partial charge in [0, 0.05) is 34.3 Å². The molecule has 2 aliphatic rings. The molecule has 8 N–H and O–H groups in total. The maximum absolute atomic E-state index is 10.4. The van der Waals surface area contributed by atoms with Gasteiger partial charge in [-0.15, -0.1) is 0 Å². The molecule has 200 valence electrons. The van der Waals surface area contributed by atoms with Gasteiger partial charge in [0.2, 0.25) is 11.0 Å². The van der Waals surface area contributed by atoms with E-state index in [1.165, 1.54) is 0 Å². The van der Waals surface area contributed by atoms with Crippen molar-refractivity contribution in [3.63, 3.8) is 0 Å². The maximum Gasteiger partial charge on any atom is 0.214 e. The zero-order valence-corrected chi connectivity index (χ0v) is 20.8. The zero-order valence-electron chi connectivity index (χ0n) is 20.8. The predicted molar refractivity (Wildman–Crippen MR) is 135 cm³/mol. The fraction of sp³-hybridized carbons (Fsp3) is 0.500. The molecule has 11 nitrogen and oxygen atoms in total. The lowest BCUT2D eigenvalue weighted by Crippen LogP contribution is -2.58. The quantitative estimate of drug-likeness (QED) is 0.164. The fourth-order valence-electron chi connectivity index (χ4n) is 5.06. The molecule has 0 spiro atoms. The highest BCUT2D eigenvalue weighted by atomic mass is 16.6. The van der Waals surface area contributed by atoms with E-state index in [4.69, 9.17) is 9.47 Å². The Bertz CT molecular complexity index is 1200. The summed E-state index contributed by atoms with van der Waals surface area (Å²) in [5.41, 5.74) is 3.10. The van der Waals surface area contributed by atoms with Gasteiger partial charge in [-0.2, -0.15) is 4.57 Å². The Morgan fingerprint density at radius 3 is 1.41 bits per heavy atom. The number of pyridine rings is 1. The van der Waals surface area contributed by atoms with Gasteiger partial charge in [0.25, 0.3) is 0 Å². The third-order valence-corrected chi connectivity index (χ3v) is 7.42. The van der Waals surface area contributed by atoms with Crippen molar-refractivity contribution in [2.75, 3.05) is 10.6 Å². The Morgan fingerprint density at radius 1 is 0.595 bits per heavy atom. The van der Waals surface area contributed by atoms with Crippen LogP contribution >= 0.6 is 0 Å². The first-order valence-corrected chi connectivity index (χ1v) is 12.3. The lowest BCUT2D eigenvalue weighted by atomic mass is 9.99. The first-order chi connectivity index (χ1) is 17.5. The van der Waals surface area contributed by atoms with Gasteiger partial charge in [-0.3, -0.25) is 0 Å². The molecule has 0 unspecified atom stereocenters. The lowest BCUT2D eigenvalue weighted by Gasteiger charge is -2.39. The summed E-state index contributed by atoms with van der Waals surface area (Å²) in [4.78, 5) is 0. The normalized spacial score (nSPS) is 36.6. The van der Waals surface area contributed by atoms with Crippen molar-refractivity contribution in [1.82, 2.24) is 0 Å². The second kappa shape index (κ2) is 9.93. The Hall–Kier alpha value is -2.61. The molecule has 2 aromatic carbocycles. The van der Waals surface area contributed by atoms with E-state index < -0.39 is 61.3 Å². The maximum atomic E-state index is 10.4. The van der Waals surface area contributed by atoms with Gasteiger partial charge >= 0.3 is 0 Å². The van der Waals surface area contributed by atoms with Crippen molar-refractivity contribution >= 4 is 33.2 Å². The number of nitrogens with one attached hydrogen (secondary N) is 2. The summed E-state index contributed by atoms with van der Waals surface area (Å²) in [5, 5.41) is 69.0. The number of anilines is 2. The van der Waals surface area contributed by atoms with Crippen LogP contribution in [0.3, 0.4) is 0 Å². The van der Waals surface area contributed by atoms with Gasteiger partial charge in [0.15, 0.2) is 12.5 Å². The molecule has 2 fully saturated rings. The molecule has 1 aromatic heterocycles. The second-order valence-corrected chi connectivity index (χ2v) is 10.0. The van der Waals surface area contributed by atoms with Crippen LogP contribution in [0.5, 0.6) is 0 Å². The van der Waals surface area contributed by atoms with Crippen LogP contribution in [0.25, 0.3) is 21.8 Å². The molecule has 11 heteroatoms. The SMILES string of the molecule is C[C@@H]1O[C@@H](Nc2ccc3cc4ccc(N[C@@H]5O[C@@H](C)[C@H](O)[C@@H](O)[C@H]5O)cc4[n+](C)c3c2)[C@H](O)[C@H](O)[C@H]1O. The number of hydrogen-bond donors (Lipinski definition) is 8. The van der Waals surface area contributed by atoms with Crippen molar-refractivity contribution in [3.8, 4) is 0 Å². The first-order valence-electron chi connectivity index (χ1n) is 12.3. The minimum Gasteiger partial charge on any atom is -0.388 e. The fourth-order valence-corrected chi connectivity index (χ4v) is 5.06.